The van der Waals surface area contributed by atoms with Crippen molar-refractivity contribution in [3.8, 4) is 0 Å². The zero-order valence-electron chi connectivity index (χ0n) is 20.2. The summed E-state index contributed by atoms with van der Waals surface area (Å²) in [5.41, 5.74) is 3.78. The largest absolute Gasteiger partial charge is 0.379 e. The van der Waals surface area contributed by atoms with E-state index in [1.807, 2.05) is 43.3 Å². The van der Waals surface area contributed by atoms with E-state index in [1.54, 1.807) is 6.07 Å². The van der Waals surface area contributed by atoms with E-state index in [9.17, 15) is 9.59 Å². The van der Waals surface area contributed by atoms with E-state index in [2.05, 4.69) is 31.2 Å². The highest BCUT2D eigenvalue weighted by molar-refractivity contribution is 6.06. The summed E-state index contributed by atoms with van der Waals surface area (Å²) < 4.78 is 5.37. The standard InChI is InChI=1S/C26H34N6O3/c1-19-17-21(25(34)31-26-28-9-3-10-29-26)7-8-23(19)30-22-6-2-5-20(18-22)24(33)27-11-4-12-32-13-15-35-16-14-32/h2,5-8,17-18,30H,3-4,9-16H2,1H3,(H,27,33)(H2,28,29,31,34). The molecule has 35 heavy (non-hydrogen) atoms. The Kier molecular flexibility index (Phi) is 8.69. The molecule has 186 valence electrons. The molecule has 0 radical (unpaired) electrons. The minimum absolute atomic E-state index is 0.0846. The lowest BCUT2D eigenvalue weighted by Gasteiger charge is -2.26. The van der Waals surface area contributed by atoms with Crippen LogP contribution in [0.2, 0.25) is 0 Å². The molecule has 1 fully saturated rings. The number of carbonyl (C=O) groups is 2. The first kappa shape index (κ1) is 24.7. The minimum atomic E-state index is -0.194. The highest BCUT2D eigenvalue weighted by atomic mass is 16.5. The summed E-state index contributed by atoms with van der Waals surface area (Å²) in [5.74, 6) is 0.246. The molecule has 2 aromatic carbocycles. The molecule has 0 unspecified atom stereocenters. The Balaban J connectivity index is 1.29. The molecule has 0 atom stereocenters. The van der Waals surface area contributed by atoms with Crippen LogP contribution in [0.1, 0.15) is 39.1 Å². The van der Waals surface area contributed by atoms with Gasteiger partial charge in [0.05, 0.1) is 13.2 Å². The smallest absolute Gasteiger partial charge is 0.257 e. The first-order valence-corrected chi connectivity index (χ1v) is 12.2. The van der Waals surface area contributed by atoms with E-state index in [0.29, 0.717) is 23.6 Å². The summed E-state index contributed by atoms with van der Waals surface area (Å²) in [5, 5.41) is 12.3. The number of aryl methyl sites for hydroxylation is 1. The molecule has 0 saturated carbocycles. The molecule has 2 heterocycles. The molecule has 2 aliphatic rings. The fraction of sp³-hybridized carbons (Fsp3) is 0.423. The van der Waals surface area contributed by atoms with Gasteiger partial charge in [-0.05, 0) is 68.3 Å². The number of hydrogen-bond donors (Lipinski definition) is 4. The molecular formula is C26H34N6O3. The number of nitrogens with zero attached hydrogens (tertiary/aromatic N) is 2. The van der Waals surface area contributed by atoms with Crippen LogP contribution in [0.3, 0.4) is 0 Å². The van der Waals surface area contributed by atoms with E-state index in [-0.39, 0.29) is 11.8 Å². The zero-order valence-corrected chi connectivity index (χ0v) is 20.2. The van der Waals surface area contributed by atoms with Gasteiger partial charge in [-0.2, -0.15) is 0 Å². The first-order valence-electron chi connectivity index (χ1n) is 12.2. The average molecular weight is 479 g/mol. The zero-order chi connectivity index (χ0) is 24.5. The topological polar surface area (TPSA) is 107 Å². The first-order chi connectivity index (χ1) is 17.1. The third kappa shape index (κ3) is 7.27. The number of hydrogen-bond acceptors (Lipinski definition) is 7. The Morgan fingerprint density at radius 1 is 1.09 bits per heavy atom. The van der Waals surface area contributed by atoms with Gasteiger partial charge in [-0.25, -0.2) is 0 Å². The van der Waals surface area contributed by atoms with Crippen molar-refractivity contribution in [2.24, 2.45) is 4.99 Å². The van der Waals surface area contributed by atoms with Crippen molar-refractivity contribution >= 4 is 29.1 Å². The van der Waals surface area contributed by atoms with Crippen LogP contribution in [0.25, 0.3) is 0 Å². The number of benzene rings is 2. The van der Waals surface area contributed by atoms with E-state index in [4.69, 9.17) is 4.74 Å². The highest BCUT2D eigenvalue weighted by Gasteiger charge is 2.13. The Bertz CT molecular complexity index is 1060. The molecule has 9 heteroatoms. The predicted octanol–water partition coefficient (Wildman–Crippen LogP) is 2.27. The number of ether oxygens (including phenoxy) is 1. The van der Waals surface area contributed by atoms with E-state index < -0.39 is 0 Å². The maximum atomic E-state index is 12.6. The van der Waals surface area contributed by atoms with Crippen LogP contribution in [-0.2, 0) is 4.74 Å². The lowest BCUT2D eigenvalue weighted by atomic mass is 10.1. The molecule has 2 aromatic rings. The maximum absolute atomic E-state index is 12.6. The third-order valence-electron chi connectivity index (χ3n) is 6.06. The predicted molar refractivity (Wildman–Crippen MR) is 138 cm³/mol. The van der Waals surface area contributed by atoms with Crippen molar-refractivity contribution in [3.63, 3.8) is 0 Å². The molecule has 0 aliphatic carbocycles. The Labute approximate surface area is 206 Å². The van der Waals surface area contributed by atoms with Gasteiger partial charge in [0.2, 0.25) is 0 Å². The van der Waals surface area contributed by atoms with Crippen molar-refractivity contribution in [3.05, 3.63) is 59.2 Å². The van der Waals surface area contributed by atoms with Crippen molar-refractivity contribution in [1.29, 1.82) is 0 Å². The Morgan fingerprint density at radius 3 is 2.69 bits per heavy atom. The van der Waals surface area contributed by atoms with Crippen LogP contribution in [0.4, 0.5) is 11.4 Å². The number of amides is 2. The number of rotatable bonds is 8. The van der Waals surface area contributed by atoms with Crippen molar-refractivity contribution in [2.75, 3.05) is 57.8 Å². The van der Waals surface area contributed by atoms with Crippen molar-refractivity contribution < 1.29 is 14.3 Å². The quantitative estimate of drug-likeness (QED) is 0.434. The van der Waals surface area contributed by atoms with Gasteiger partial charge in [0, 0.05) is 55.2 Å². The SMILES string of the molecule is Cc1cc(C(=O)NC2=NCCCN2)ccc1Nc1cccc(C(=O)NCCCN2CCOCC2)c1. The summed E-state index contributed by atoms with van der Waals surface area (Å²) in [4.78, 5) is 31.8. The monoisotopic (exact) mass is 478 g/mol. The molecule has 2 amide bonds. The van der Waals surface area contributed by atoms with Gasteiger partial charge in [-0.1, -0.05) is 6.07 Å². The number of morpholine rings is 1. The van der Waals surface area contributed by atoms with Gasteiger partial charge in [0.1, 0.15) is 0 Å². The molecule has 9 nitrogen and oxygen atoms in total. The second-order valence-electron chi connectivity index (χ2n) is 8.76. The van der Waals surface area contributed by atoms with E-state index >= 15 is 0 Å². The number of carbonyl (C=O) groups excluding carboxylic acids is 2. The van der Waals surface area contributed by atoms with Crippen LogP contribution < -0.4 is 21.3 Å². The lowest BCUT2D eigenvalue weighted by Crippen LogP contribution is -2.43. The van der Waals surface area contributed by atoms with E-state index in [0.717, 1.165) is 75.7 Å². The van der Waals surface area contributed by atoms with Crippen LogP contribution in [0.15, 0.2) is 47.5 Å². The summed E-state index contributed by atoms with van der Waals surface area (Å²) in [6.45, 7) is 8.56. The van der Waals surface area contributed by atoms with Crippen molar-refractivity contribution in [2.45, 2.75) is 19.8 Å². The van der Waals surface area contributed by atoms with Gasteiger partial charge in [0.25, 0.3) is 11.8 Å². The number of nitrogens with one attached hydrogen (secondary N) is 4. The van der Waals surface area contributed by atoms with Gasteiger partial charge >= 0.3 is 0 Å². The summed E-state index contributed by atoms with van der Waals surface area (Å²) in [6, 6.07) is 12.9. The normalized spacial score (nSPS) is 16.1. The molecule has 0 aromatic heterocycles. The molecule has 2 aliphatic heterocycles. The van der Waals surface area contributed by atoms with Crippen LogP contribution in [0.5, 0.6) is 0 Å². The molecule has 0 bridgehead atoms. The summed E-state index contributed by atoms with van der Waals surface area (Å²) >= 11 is 0. The molecule has 1 saturated heterocycles. The maximum Gasteiger partial charge on any atom is 0.257 e. The fourth-order valence-corrected chi connectivity index (χ4v) is 4.07. The van der Waals surface area contributed by atoms with Gasteiger partial charge < -0.3 is 20.7 Å². The second-order valence-corrected chi connectivity index (χ2v) is 8.76. The molecule has 4 rings (SSSR count). The van der Waals surface area contributed by atoms with Crippen LogP contribution in [0, 0.1) is 6.92 Å². The number of guanidine groups is 1. The second kappa shape index (κ2) is 12.3. The third-order valence-corrected chi connectivity index (χ3v) is 6.06. The van der Waals surface area contributed by atoms with Crippen LogP contribution in [-0.4, -0.2) is 75.2 Å². The highest BCUT2D eigenvalue weighted by Crippen LogP contribution is 2.22. The minimum Gasteiger partial charge on any atom is -0.379 e. The van der Waals surface area contributed by atoms with Crippen LogP contribution >= 0.6 is 0 Å². The van der Waals surface area contributed by atoms with Gasteiger partial charge in [-0.15, -0.1) is 0 Å². The molecule has 4 N–H and O–H groups in total. The van der Waals surface area contributed by atoms with Crippen molar-refractivity contribution in [1.82, 2.24) is 20.9 Å². The lowest BCUT2D eigenvalue weighted by molar-refractivity contribution is 0.0374. The Morgan fingerprint density at radius 2 is 1.91 bits per heavy atom. The van der Waals surface area contributed by atoms with Gasteiger partial charge in [-0.3, -0.25) is 24.8 Å². The summed E-state index contributed by atoms with van der Waals surface area (Å²) in [7, 11) is 0. The molecule has 0 spiro atoms. The van der Waals surface area contributed by atoms with E-state index in [1.165, 1.54) is 0 Å². The fourth-order valence-electron chi connectivity index (χ4n) is 4.07. The molecular weight excluding hydrogens is 444 g/mol. The Hall–Kier alpha value is -3.43. The number of anilines is 2. The summed E-state index contributed by atoms with van der Waals surface area (Å²) in [6.07, 6.45) is 1.88. The number of aliphatic imine (C=N–C) groups is 1. The average Bonchev–Trinajstić information content (AvgIpc) is 2.89. The van der Waals surface area contributed by atoms with Gasteiger partial charge in [0.15, 0.2) is 5.96 Å².